The van der Waals surface area contributed by atoms with E-state index in [4.69, 9.17) is 14.6 Å². The van der Waals surface area contributed by atoms with Crippen molar-refractivity contribution in [3.8, 4) is 5.75 Å². The van der Waals surface area contributed by atoms with E-state index in [0.29, 0.717) is 24.5 Å². The number of aliphatic carboxylic acids is 1. The Morgan fingerprint density at radius 2 is 1.73 bits per heavy atom. The predicted octanol–water partition coefficient (Wildman–Crippen LogP) is 3.73. The Labute approximate surface area is 234 Å². The number of nitrogens with one attached hydrogen (secondary N) is 1. The van der Waals surface area contributed by atoms with Crippen molar-refractivity contribution >= 4 is 33.5 Å². The quantitative estimate of drug-likeness (QED) is 0.312. The molecule has 16 heteroatoms. The minimum atomic E-state index is -5.08. The molecule has 12 nitrogen and oxygen atoms in total. The molecule has 3 aromatic rings. The first kappa shape index (κ1) is 32.9. The summed E-state index contributed by atoms with van der Waals surface area (Å²) in [5.74, 6) is -3.12. The average Bonchev–Trinajstić information content (AvgIpc) is 3.18. The maximum absolute atomic E-state index is 13.0. The lowest BCUT2D eigenvalue weighted by Gasteiger charge is -2.22. The topological polar surface area (TPSA) is 164 Å². The number of likely N-dealkylation sites (N-methyl/N-ethyl adjacent to an activating group) is 1. The number of alkyl halides is 3. The summed E-state index contributed by atoms with van der Waals surface area (Å²) >= 11 is 0. The lowest BCUT2D eigenvalue weighted by Crippen LogP contribution is -2.25. The van der Waals surface area contributed by atoms with E-state index in [1.165, 1.54) is 43.6 Å². The molecule has 0 radical (unpaired) electrons. The fourth-order valence-electron chi connectivity index (χ4n) is 3.70. The average molecular weight is 602 g/mol. The van der Waals surface area contributed by atoms with Gasteiger partial charge < -0.3 is 19.8 Å². The number of aromatic carboxylic acids is 1. The number of carbonyl (C=O) groups is 2. The number of halogens is 3. The highest BCUT2D eigenvalue weighted by atomic mass is 32.2. The highest BCUT2D eigenvalue weighted by Gasteiger charge is 2.38. The van der Waals surface area contributed by atoms with Crippen molar-refractivity contribution in [3.05, 3.63) is 59.0 Å². The summed E-state index contributed by atoms with van der Waals surface area (Å²) in [6.07, 6.45) is -3.20. The number of ether oxygens (including phenoxy) is 1. The number of carboxylic acid groups (broad SMARTS) is 2. The molecule has 41 heavy (non-hydrogen) atoms. The van der Waals surface area contributed by atoms with Gasteiger partial charge in [-0.2, -0.15) is 18.3 Å². The number of rotatable bonds is 10. The van der Waals surface area contributed by atoms with E-state index < -0.39 is 28.1 Å². The SMILES string of the molecule is CCn1nc(C)c(CCN(C)c2ncc(C(=O)O)cc2NS(=O)(=O)c2ccc(OC)cc2)c1C.O=C(O)C(F)(F)F. The molecular formula is C25H30F3N5O7S. The molecule has 0 fully saturated rings. The van der Waals surface area contributed by atoms with Crippen LogP contribution >= 0.6 is 0 Å². The Morgan fingerprint density at radius 1 is 1.15 bits per heavy atom. The fourth-order valence-corrected chi connectivity index (χ4v) is 4.75. The van der Waals surface area contributed by atoms with Crippen molar-refractivity contribution in [2.45, 2.75) is 44.8 Å². The Kier molecular flexibility index (Phi) is 10.7. The van der Waals surface area contributed by atoms with E-state index in [1.54, 1.807) is 11.9 Å². The number of anilines is 2. The molecule has 3 rings (SSSR count). The van der Waals surface area contributed by atoms with Crippen LogP contribution in [0.5, 0.6) is 5.75 Å². The summed E-state index contributed by atoms with van der Waals surface area (Å²) in [4.78, 5) is 26.5. The highest BCUT2D eigenvalue weighted by molar-refractivity contribution is 7.92. The van der Waals surface area contributed by atoms with Crippen LogP contribution in [-0.4, -0.2) is 72.2 Å². The van der Waals surface area contributed by atoms with Gasteiger partial charge in [0.25, 0.3) is 10.0 Å². The molecule has 2 aromatic heterocycles. The summed E-state index contributed by atoms with van der Waals surface area (Å²) in [6, 6.07) is 7.17. The number of methoxy groups -OCH3 is 1. The third kappa shape index (κ3) is 8.57. The Bertz CT molecular complexity index is 1490. The molecule has 0 spiro atoms. The van der Waals surface area contributed by atoms with Gasteiger partial charge in [-0.05, 0) is 63.1 Å². The van der Waals surface area contributed by atoms with Crippen LogP contribution in [0.1, 0.15) is 34.2 Å². The second kappa shape index (κ2) is 13.3. The molecule has 0 amide bonds. The molecule has 0 saturated carbocycles. The van der Waals surface area contributed by atoms with Crippen LogP contribution in [0.2, 0.25) is 0 Å². The second-order valence-electron chi connectivity index (χ2n) is 8.62. The van der Waals surface area contributed by atoms with Gasteiger partial charge >= 0.3 is 18.1 Å². The summed E-state index contributed by atoms with van der Waals surface area (Å²) in [6.45, 7) is 7.31. The minimum Gasteiger partial charge on any atom is -0.497 e. The van der Waals surface area contributed by atoms with Gasteiger partial charge in [0.1, 0.15) is 5.75 Å². The van der Waals surface area contributed by atoms with E-state index in [1.807, 2.05) is 25.5 Å². The summed E-state index contributed by atoms with van der Waals surface area (Å²) in [5, 5.41) is 21.1. The molecule has 0 aliphatic carbocycles. The van der Waals surface area contributed by atoms with Crippen LogP contribution in [-0.2, 0) is 27.8 Å². The monoisotopic (exact) mass is 601 g/mol. The molecule has 0 aliphatic heterocycles. The summed E-state index contributed by atoms with van der Waals surface area (Å²) in [5.41, 5.74) is 3.11. The zero-order valence-electron chi connectivity index (χ0n) is 22.9. The van der Waals surface area contributed by atoms with E-state index >= 15 is 0 Å². The van der Waals surface area contributed by atoms with E-state index in [9.17, 15) is 31.5 Å². The van der Waals surface area contributed by atoms with E-state index in [-0.39, 0.29) is 16.1 Å². The van der Waals surface area contributed by atoms with Crippen LogP contribution < -0.4 is 14.4 Å². The third-order valence-electron chi connectivity index (χ3n) is 5.86. The van der Waals surface area contributed by atoms with Crippen LogP contribution in [0, 0.1) is 13.8 Å². The van der Waals surface area contributed by atoms with Crippen molar-refractivity contribution < 1.29 is 46.1 Å². The fraction of sp³-hybridized carbons (Fsp3) is 0.360. The maximum Gasteiger partial charge on any atom is 0.490 e. The maximum atomic E-state index is 13.0. The van der Waals surface area contributed by atoms with Crippen LogP contribution in [0.15, 0.2) is 41.4 Å². The molecule has 0 unspecified atom stereocenters. The number of aryl methyl sites for hydroxylation is 2. The molecule has 0 aliphatic rings. The predicted molar refractivity (Wildman–Crippen MR) is 143 cm³/mol. The first-order valence-corrected chi connectivity index (χ1v) is 13.4. The van der Waals surface area contributed by atoms with Crippen LogP contribution in [0.4, 0.5) is 24.7 Å². The molecule has 1 aromatic carbocycles. The standard InChI is InChI=1S/C23H29N5O5S.C2HF3O2/c1-6-28-16(3)20(15(2)25-28)11-12-27(4)22-21(13-17(14-24-22)23(29)30)26-34(31,32)19-9-7-18(33-5)8-10-19;3-2(4,5)1(6)7/h7-10,13-14,26H,6,11-12H2,1-5H3,(H,29,30);(H,6,7). The number of hydrogen-bond donors (Lipinski definition) is 3. The van der Waals surface area contributed by atoms with Crippen molar-refractivity contribution in [2.24, 2.45) is 0 Å². The van der Waals surface area contributed by atoms with Gasteiger partial charge in [-0.15, -0.1) is 0 Å². The van der Waals surface area contributed by atoms with Crippen molar-refractivity contribution in [2.75, 3.05) is 30.3 Å². The van der Waals surface area contributed by atoms with Gasteiger partial charge in [0.15, 0.2) is 5.82 Å². The van der Waals surface area contributed by atoms with Crippen molar-refractivity contribution in [1.29, 1.82) is 0 Å². The zero-order chi connectivity index (χ0) is 31.1. The second-order valence-corrected chi connectivity index (χ2v) is 10.3. The first-order chi connectivity index (χ1) is 19.0. The van der Waals surface area contributed by atoms with Crippen LogP contribution in [0.3, 0.4) is 0 Å². The van der Waals surface area contributed by atoms with Gasteiger partial charge in [-0.1, -0.05) is 0 Å². The largest absolute Gasteiger partial charge is 0.497 e. The number of nitrogens with zero attached hydrogens (tertiary/aromatic N) is 4. The Hall–Kier alpha value is -4.34. The molecule has 224 valence electrons. The molecule has 2 heterocycles. The van der Waals surface area contributed by atoms with E-state index in [2.05, 4.69) is 14.8 Å². The van der Waals surface area contributed by atoms with Crippen molar-refractivity contribution in [3.63, 3.8) is 0 Å². The van der Waals surface area contributed by atoms with Crippen LogP contribution in [0.25, 0.3) is 0 Å². The lowest BCUT2D eigenvalue weighted by atomic mass is 10.1. The normalized spacial score (nSPS) is 11.3. The minimum absolute atomic E-state index is 0.0147. The Balaban J connectivity index is 0.000000745. The third-order valence-corrected chi connectivity index (χ3v) is 7.24. The molecule has 0 atom stereocenters. The number of hydrogen-bond acceptors (Lipinski definition) is 8. The molecule has 3 N–H and O–H groups in total. The molecule has 0 saturated heterocycles. The number of sulfonamides is 1. The lowest BCUT2D eigenvalue weighted by molar-refractivity contribution is -0.192. The van der Waals surface area contributed by atoms with Gasteiger partial charge in [0.2, 0.25) is 0 Å². The number of benzene rings is 1. The number of pyridine rings is 1. The summed E-state index contributed by atoms with van der Waals surface area (Å²) in [7, 11) is -0.726. The van der Waals surface area contributed by atoms with Crippen molar-refractivity contribution in [1.82, 2.24) is 14.8 Å². The van der Waals surface area contributed by atoms with Gasteiger partial charge in [-0.25, -0.2) is 23.0 Å². The number of carboxylic acids is 2. The zero-order valence-corrected chi connectivity index (χ0v) is 23.7. The number of aromatic nitrogens is 3. The first-order valence-electron chi connectivity index (χ1n) is 12.0. The molecule has 0 bridgehead atoms. The smallest absolute Gasteiger partial charge is 0.490 e. The summed E-state index contributed by atoms with van der Waals surface area (Å²) < 4.78 is 67.3. The van der Waals surface area contributed by atoms with Gasteiger partial charge in [0, 0.05) is 32.0 Å². The Morgan fingerprint density at radius 3 is 2.20 bits per heavy atom. The van der Waals surface area contributed by atoms with Gasteiger partial charge in [0.05, 0.1) is 29.0 Å². The van der Waals surface area contributed by atoms with E-state index in [0.717, 1.165) is 23.5 Å². The van der Waals surface area contributed by atoms with Gasteiger partial charge in [-0.3, -0.25) is 9.40 Å². The molecular weight excluding hydrogens is 571 g/mol. The highest BCUT2D eigenvalue weighted by Crippen LogP contribution is 2.28.